The minimum Gasteiger partial charge on any atom is -0.480 e. The molecule has 0 unspecified atom stereocenters. The molecule has 0 saturated carbocycles. The van der Waals surface area contributed by atoms with Crippen molar-refractivity contribution >= 4 is 44.2 Å². The molecule has 1 aromatic carbocycles. The highest BCUT2D eigenvalue weighted by Crippen LogP contribution is 2.38. The molecule has 0 aliphatic heterocycles. The van der Waals surface area contributed by atoms with Gasteiger partial charge in [-0.3, -0.25) is 0 Å². The minimum absolute atomic E-state index is 0.372. The quantitative estimate of drug-likeness (QED) is 0.474. The summed E-state index contributed by atoms with van der Waals surface area (Å²) >= 11 is 1.71. The van der Waals surface area contributed by atoms with E-state index in [9.17, 15) is 9.90 Å². The number of aliphatic carboxylic acids is 1. The zero-order chi connectivity index (χ0) is 19.1. The number of carboxylic acids is 1. The van der Waals surface area contributed by atoms with Crippen LogP contribution >= 0.6 is 11.3 Å². The molecule has 3 heterocycles. The molecule has 4 aromatic rings. The lowest BCUT2D eigenvalue weighted by atomic mass is 9.97. The Morgan fingerprint density at radius 1 is 1.25 bits per heavy atom. The van der Waals surface area contributed by atoms with Gasteiger partial charge in [-0.1, -0.05) is 18.2 Å². The first-order chi connectivity index (χ1) is 13.7. The van der Waals surface area contributed by atoms with Crippen molar-refractivity contribution in [1.82, 2.24) is 15.0 Å². The van der Waals surface area contributed by atoms with Crippen LogP contribution in [0.15, 0.2) is 36.8 Å². The maximum absolute atomic E-state index is 12.0. The van der Waals surface area contributed by atoms with Crippen molar-refractivity contribution < 1.29 is 9.90 Å². The number of aromatic nitrogens is 3. The SMILES string of the molecule is O=C(O)[C@H](Cc1c[nH]c2ccccc12)Nc1ncnc2sc3c(c12)CCCC3. The van der Waals surface area contributed by atoms with Gasteiger partial charge in [0, 0.05) is 28.4 Å². The Hall–Kier alpha value is -2.93. The molecular weight excluding hydrogens is 372 g/mol. The number of aryl methyl sites for hydroxylation is 2. The Balaban J connectivity index is 1.51. The summed E-state index contributed by atoms with van der Waals surface area (Å²) in [6, 6.07) is 7.17. The maximum atomic E-state index is 12.0. The van der Waals surface area contributed by atoms with Crippen molar-refractivity contribution in [3.63, 3.8) is 0 Å². The van der Waals surface area contributed by atoms with E-state index in [4.69, 9.17) is 0 Å². The summed E-state index contributed by atoms with van der Waals surface area (Å²) in [5.74, 6) is -0.252. The number of rotatable bonds is 5. The molecule has 3 N–H and O–H groups in total. The standard InChI is InChI=1S/C21H20N4O2S/c26-21(27)16(9-12-10-22-15-7-3-1-5-13(12)15)25-19-18-14-6-2-4-8-17(14)28-20(18)24-11-23-19/h1,3,5,7,10-11,16,22H,2,4,6,8-9H2,(H,26,27)(H,23,24,25)/t16-/m0/s1. The fraction of sp³-hybridized carbons (Fsp3) is 0.286. The largest absolute Gasteiger partial charge is 0.480 e. The summed E-state index contributed by atoms with van der Waals surface area (Å²) in [7, 11) is 0. The van der Waals surface area contributed by atoms with Gasteiger partial charge in [-0.25, -0.2) is 14.8 Å². The number of fused-ring (bicyclic) bond motifs is 4. The van der Waals surface area contributed by atoms with Gasteiger partial charge in [0.1, 0.15) is 23.0 Å². The normalized spacial score (nSPS) is 14.9. The second kappa shape index (κ2) is 6.91. The smallest absolute Gasteiger partial charge is 0.326 e. The molecule has 5 rings (SSSR count). The van der Waals surface area contributed by atoms with E-state index < -0.39 is 12.0 Å². The molecule has 0 saturated heterocycles. The summed E-state index contributed by atoms with van der Waals surface area (Å²) in [4.78, 5) is 26.4. The number of benzene rings is 1. The van der Waals surface area contributed by atoms with E-state index in [1.165, 1.54) is 23.2 Å². The molecule has 0 fully saturated rings. The molecular formula is C21H20N4O2S. The number of anilines is 1. The number of nitrogens with zero attached hydrogens (tertiary/aromatic N) is 2. The van der Waals surface area contributed by atoms with Crippen LogP contribution in [0.5, 0.6) is 0 Å². The van der Waals surface area contributed by atoms with E-state index in [0.717, 1.165) is 45.9 Å². The van der Waals surface area contributed by atoms with Gasteiger partial charge in [0.25, 0.3) is 0 Å². The molecule has 0 radical (unpaired) electrons. The average molecular weight is 392 g/mol. The van der Waals surface area contributed by atoms with E-state index in [0.29, 0.717) is 12.2 Å². The van der Waals surface area contributed by atoms with Gasteiger partial charge in [-0.15, -0.1) is 11.3 Å². The molecule has 3 aromatic heterocycles. The number of hydrogen-bond donors (Lipinski definition) is 3. The molecule has 7 heteroatoms. The topological polar surface area (TPSA) is 90.9 Å². The number of thiophene rings is 1. The van der Waals surface area contributed by atoms with Crippen molar-refractivity contribution in [3.8, 4) is 0 Å². The number of aromatic amines is 1. The summed E-state index contributed by atoms with van der Waals surface area (Å²) in [5, 5.41) is 15.1. The number of para-hydroxylation sites is 1. The molecule has 6 nitrogen and oxygen atoms in total. The first kappa shape index (κ1) is 17.2. The Bertz CT molecular complexity index is 1180. The van der Waals surface area contributed by atoms with E-state index in [1.807, 2.05) is 30.5 Å². The van der Waals surface area contributed by atoms with Crippen molar-refractivity contribution in [2.45, 2.75) is 38.1 Å². The Morgan fingerprint density at radius 3 is 3.00 bits per heavy atom. The second-order valence-electron chi connectivity index (χ2n) is 7.21. The van der Waals surface area contributed by atoms with E-state index in [1.54, 1.807) is 11.3 Å². The molecule has 142 valence electrons. The number of carboxylic acid groups (broad SMARTS) is 1. The number of hydrogen-bond acceptors (Lipinski definition) is 5. The van der Waals surface area contributed by atoms with E-state index in [2.05, 4.69) is 20.3 Å². The zero-order valence-corrected chi connectivity index (χ0v) is 16.1. The van der Waals surface area contributed by atoms with Crippen LogP contribution in [0.3, 0.4) is 0 Å². The van der Waals surface area contributed by atoms with Crippen LogP contribution < -0.4 is 5.32 Å². The first-order valence-corrected chi connectivity index (χ1v) is 10.3. The minimum atomic E-state index is -0.888. The number of H-pyrrole nitrogens is 1. The summed E-state index contributed by atoms with van der Waals surface area (Å²) < 4.78 is 0. The van der Waals surface area contributed by atoms with Gasteiger partial charge < -0.3 is 15.4 Å². The summed E-state index contributed by atoms with van der Waals surface area (Å²) in [6.07, 6.45) is 8.24. The zero-order valence-electron chi connectivity index (χ0n) is 15.2. The van der Waals surface area contributed by atoms with Crippen LogP contribution in [0.25, 0.3) is 21.1 Å². The lowest BCUT2D eigenvalue weighted by molar-refractivity contribution is -0.137. The predicted octanol–water partition coefficient (Wildman–Crippen LogP) is 4.16. The van der Waals surface area contributed by atoms with Crippen molar-refractivity contribution in [2.24, 2.45) is 0 Å². The van der Waals surface area contributed by atoms with Gasteiger partial charge in [-0.05, 0) is 42.9 Å². The van der Waals surface area contributed by atoms with Crippen molar-refractivity contribution in [1.29, 1.82) is 0 Å². The van der Waals surface area contributed by atoms with Crippen LogP contribution in [0.2, 0.25) is 0 Å². The van der Waals surface area contributed by atoms with Crippen LogP contribution in [-0.4, -0.2) is 32.1 Å². The lowest BCUT2D eigenvalue weighted by Gasteiger charge is -2.17. The fourth-order valence-corrected chi connectivity index (χ4v) is 5.31. The highest BCUT2D eigenvalue weighted by Gasteiger charge is 2.24. The van der Waals surface area contributed by atoms with Crippen LogP contribution in [0.4, 0.5) is 5.82 Å². The number of nitrogens with one attached hydrogen (secondary N) is 2. The number of carbonyl (C=O) groups is 1. The Labute approximate surface area is 165 Å². The monoisotopic (exact) mass is 392 g/mol. The second-order valence-corrected chi connectivity index (χ2v) is 8.30. The highest BCUT2D eigenvalue weighted by atomic mass is 32.1. The predicted molar refractivity (Wildman–Crippen MR) is 111 cm³/mol. The van der Waals surface area contributed by atoms with Crippen LogP contribution in [0.1, 0.15) is 28.8 Å². The van der Waals surface area contributed by atoms with E-state index >= 15 is 0 Å². The van der Waals surface area contributed by atoms with Gasteiger partial charge >= 0.3 is 5.97 Å². The summed E-state index contributed by atoms with van der Waals surface area (Å²) in [6.45, 7) is 0. The van der Waals surface area contributed by atoms with Gasteiger partial charge in [0.15, 0.2) is 0 Å². The van der Waals surface area contributed by atoms with Gasteiger partial charge in [0.2, 0.25) is 0 Å². The average Bonchev–Trinajstić information content (AvgIpc) is 3.29. The third-order valence-corrected chi connectivity index (χ3v) is 6.66. The van der Waals surface area contributed by atoms with Gasteiger partial charge in [-0.2, -0.15) is 0 Å². The highest BCUT2D eigenvalue weighted by molar-refractivity contribution is 7.19. The molecule has 1 aliphatic carbocycles. The van der Waals surface area contributed by atoms with Crippen LogP contribution in [0, 0.1) is 0 Å². The molecule has 0 amide bonds. The third-order valence-electron chi connectivity index (χ3n) is 5.46. The molecule has 0 bridgehead atoms. The Kier molecular flexibility index (Phi) is 4.24. The van der Waals surface area contributed by atoms with E-state index in [-0.39, 0.29) is 0 Å². The maximum Gasteiger partial charge on any atom is 0.326 e. The van der Waals surface area contributed by atoms with Crippen LogP contribution in [-0.2, 0) is 24.1 Å². The van der Waals surface area contributed by atoms with Gasteiger partial charge in [0.05, 0.1) is 5.39 Å². The van der Waals surface area contributed by atoms with Crippen molar-refractivity contribution in [3.05, 3.63) is 52.8 Å². The Morgan fingerprint density at radius 2 is 2.11 bits per heavy atom. The van der Waals surface area contributed by atoms with Crippen molar-refractivity contribution in [2.75, 3.05) is 5.32 Å². The fourth-order valence-electron chi connectivity index (χ4n) is 4.09. The first-order valence-electron chi connectivity index (χ1n) is 9.50. The lowest BCUT2D eigenvalue weighted by Crippen LogP contribution is -2.32. The molecule has 1 atom stereocenters. The molecule has 1 aliphatic rings. The third kappa shape index (κ3) is 2.92. The summed E-state index contributed by atoms with van der Waals surface area (Å²) in [5.41, 5.74) is 3.29. The molecule has 28 heavy (non-hydrogen) atoms. The molecule has 0 spiro atoms.